The molecule has 0 bridgehead atoms. The van der Waals surface area contributed by atoms with Crippen LogP contribution in [0.1, 0.15) is 5.56 Å². The minimum Gasteiger partial charge on any atom is -0.0843 e. The van der Waals surface area contributed by atoms with Crippen LogP contribution in [0.5, 0.6) is 0 Å². The fourth-order valence-electron chi connectivity index (χ4n) is 0.736. The molecule has 1 aromatic rings. The van der Waals surface area contributed by atoms with Crippen molar-refractivity contribution in [1.29, 1.82) is 0 Å². The van der Waals surface area contributed by atoms with Crippen molar-refractivity contribution < 1.29 is 0 Å². The van der Waals surface area contributed by atoms with Gasteiger partial charge in [0.15, 0.2) is 0 Å². The maximum absolute atomic E-state index is 5.87. The predicted molar refractivity (Wildman–Crippen MR) is 59.2 cm³/mol. The number of hydrogen-bond donors (Lipinski definition) is 0. The van der Waals surface area contributed by atoms with E-state index in [-0.39, 0.29) is 0 Å². The number of rotatable bonds is 1. The summed E-state index contributed by atoms with van der Waals surface area (Å²) in [6, 6.07) is 5.22. The van der Waals surface area contributed by atoms with Crippen molar-refractivity contribution in [2.75, 3.05) is 0 Å². The van der Waals surface area contributed by atoms with Crippen molar-refractivity contribution in [2.45, 2.75) is 0 Å². The second-order valence-corrected chi connectivity index (χ2v) is 4.66. The van der Waals surface area contributed by atoms with Crippen LogP contribution in [0.2, 0.25) is 10.0 Å². The topological polar surface area (TPSA) is 0 Å². The lowest BCUT2D eigenvalue weighted by Gasteiger charge is -1.97. The fourth-order valence-corrected chi connectivity index (χ4v) is 1.56. The molecule has 0 spiro atoms. The summed E-state index contributed by atoms with van der Waals surface area (Å²) in [5.41, 5.74) is 0.836. The van der Waals surface area contributed by atoms with E-state index in [4.69, 9.17) is 34.8 Å². The third kappa shape index (κ3) is 2.98. The molecule has 1 rings (SSSR count). The van der Waals surface area contributed by atoms with Gasteiger partial charge in [0, 0.05) is 10.0 Å². The molecule has 0 amide bonds. The van der Waals surface area contributed by atoms with Crippen LogP contribution in [-0.2, 0) is 0 Å². The molecule has 0 radical (unpaired) electrons. The molecule has 0 fully saturated rings. The molecule has 0 aliphatic carbocycles. The molecule has 0 aromatic heterocycles. The first-order valence-corrected chi connectivity index (χ1v) is 5.00. The summed E-state index contributed by atoms with van der Waals surface area (Å²) in [6.07, 6.45) is 1.71. The molecule has 64 valence electrons. The molecule has 12 heavy (non-hydrogen) atoms. The van der Waals surface area contributed by atoms with Crippen LogP contribution in [0.4, 0.5) is 0 Å². The Morgan fingerprint density at radius 2 is 2.00 bits per heavy atom. The normalized spacial score (nSPS) is 11.8. The van der Waals surface area contributed by atoms with Crippen LogP contribution in [-0.4, -0.2) is 0 Å². The van der Waals surface area contributed by atoms with E-state index >= 15 is 0 Å². The smallest absolute Gasteiger partial charge is 0.0840 e. The maximum Gasteiger partial charge on any atom is 0.0840 e. The van der Waals surface area contributed by atoms with Gasteiger partial charge in [-0.3, -0.25) is 0 Å². The van der Waals surface area contributed by atoms with Gasteiger partial charge in [-0.15, -0.1) is 0 Å². The van der Waals surface area contributed by atoms with E-state index < -0.39 is 0 Å². The van der Waals surface area contributed by atoms with E-state index in [1.54, 1.807) is 24.3 Å². The Hall–Kier alpha value is 0.310. The van der Waals surface area contributed by atoms with Gasteiger partial charge < -0.3 is 0 Å². The molecular formula is C8H4BrCl3. The number of hydrogen-bond acceptors (Lipinski definition) is 0. The summed E-state index contributed by atoms with van der Waals surface area (Å²) in [5, 5.41) is 1.20. The molecule has 0 heterocycles. The zero-order valence-electron chi connectivity index (χ0n) is 5.82. The summed E-state index contributed by atoms with van der Waals surface area (Å²) >= 11 is 20.3. The summed E-state index contributed by atoms with van der Waals surface area (Å²) in [7, 11) is 0. The first-order valence-electron chi connectivity index (χ1n) is 3.07. The quantitative estimate of drug-likeness (QED) is 0.687. The highest BCUT2D eigenvalue weighted by Crippen LogP contribution is 2.25. The van der Waals surface area contributed by atoms with Crippen LogP contribution in [0, 0.1) is 0 Å². The zero-order valence-corrected chi connectivity index (χ0v) is 9.68. The lowest BCUT2D eigenvalue weighted by Crippen LogP contribution is -1.74. The Kier molecular flexibility index (Phi) is 3.91. The van der Waals surface area contributed by atoms with Gasteiger partial charge in [0.25, 0.3) is 0 Å². The fraction of sp³-hybridized carbons (Fsp3) is 0. The van der Waals surface area contributed by atoms with Gasteiger partial charge in [0.05, 0.1) is 3.94 Å². The summed E-state index contributed by atoms with van der Waals surface area (Å²) in [6.45, 7) is 0. The van der Waals surface area contributed by atoms with E-state index in [0.29, 0.717) is 14.0 Å². The van der Waals surface area contributed by atoms with Crippen LogP contribution in [0.25, 0.3) is 6.08 Å². The highest BCUT2D eigenvalue weighted by molar-refractivity contribution is 9.12. The second-order valence-electron chi connectivity index (χ2n) is 2.10. The lowest BCUT2D eigenvalue weighted by atomic mass is 10.2. The van der Waals surface area contributed by atoms with E-state index in [2.05, 4.69) is 15.9 Å². The van der Waals surface area contributed by atoms with Gasteiger partial charge in [-0.05, 0) is 39.7 Å². The third-order valence-corrected chi connectivity index (χ3v) is 2.13. The molecule has 0 saturated heterocycles. The molecule has 1 aromatic carbocycles. The lowest BCUT2D eigenvalue weighted by molar-refractivity contribution is 1.66. The van der Waals surface area contributed by atoms with Crippen LogP contribution >= 0.6 is 50.7 Å². The molecule has 0 unspecified atom stereocenters. The molecule has 4 heteroatoms. The summed E-state index contributed by atoms with van der Waals surface area (Å²) < 4.78 is 0.506. The van der Waals surface area contributed by atoms with Crippen LogP contribution in [0.3, 0.4) is 0 Å². The van der Waals surface area contributed by atoms with Crippen molar-refractivity contribution in [3.05, 3.63) is 37.7 Å². The van der Waals surface area contributed by atoms with Gasteiger partial charge in [-0.2, -0.15) is 0 Å². The Morgan fingerprint density at radius 1 is 1.33 bits per heavy atom. The number of halogens is 4. The first-order chi connectivity index (χ1) is 5.59. The Labute approximate surface area is 94.2 Å². The van der Waals surface area contributed by atoms with E-state index in [9.17, 15) is 0 Å². The molecular weight excluding hydrogens is 282 g/mol. The molecule has 0 aliphatic heterocycles. The van der Waals surface area contributed by atoms with E-state index in [1.807, 2.05) is 0 Å². The molecule has 0 saturated carbocycles. The van der Waals surface area contributed by atoms with Gasteiger partial charge in [0.1, 0.15) is 0 Å². The molecule has 0 aliphatic rings. The summed E-state index contributed by atoms with van der Waals surface area (Å²) in [5.74, 6) is 0. The average molecular weight is 286 g/mol. The van der Waals surface area contributed by atoms with Crippen molar-refractivity contribution in [3.8, 4) is 0 Å². The van der Waals surface area contributed by atoms with Crippen molar-refractivity contribution in [3.63, 3.8) is 0 Å². The van der Waals surface area contributed by atoms with E-state index in [1.165, 1.54) is 0 Å². The standard InChI is InChI=1S/C8H4BrCl3/c9-8(12)3-5-1-2-6(10)4-7(5)11/h1-4H. The van der Waals surface area contributed by atoms with Gasteiger partial charge in [0.2, 0.25) is 0 Å². The molecule has 0 N–H and O–H groups in total. The van der Waals surface area contributed by atoms with Crippen LogP contribution in [0.15, 0.2) is 22.1 Å². The average Bonchev–Trinajstić information content (AvgIpc) is 1.94. The predicted octanol–water partition coefficient (Wildman–Crippen LogP) is 4.93. The highest BCUT2D eigenvalue weighted by Gasteiger charge is 1.98. The van der Waals surface area contributed by atoms with Crippen molar-refractivity contribution in [1.82, 2.24) is 0 Å². The maximum atomic E-state index is 5.87. The molecule has 0 atom stereocenters. The molecule has 0 nitrogen and oxygen atoms in total. The highest BCUT2D eigenvalue weighted by atomic mass is 79.9. The minimum atomic E-state index is 0.506. The Balaban J connectivity index is 3.10. The van der Waals surface area contributed by atoms with Gasteiger partial charge in [-0.25, -0.2) is 0 Å². The van der Waals surface area contributed by atoms with Gasteiger partial charge in [-0.1, -0.05) is 40.9 Å². The third-order valence-electron chi connectivity index (χ3n) is 1.23. The monoisotopic (exact) mass is 284 g/mol. The van der Waals surface area contributed by atoms with Crippen molar-refractivity contribution >= 4 is 56.8 Å². The minimum absolute atomic E-state index is 0.506. The van der Waals surface area contributed by atoms with Crippen molar-refractivity contribution in [2.24, 2.45) is 0 Å². The summed E-state index contributed by atoms with van der Waals surface area (Å²) in [4.78, 5) is 0. The Bertz CT molecular complexity index is 316. The largest absolute Gasteiger partial charge is 0.0843 e. The zero-order chi connectivity index (χ0) is 9.14. The van der Waals surface area contributed by atoms with Gasteiger partial charge >= 0.3 is 0 Å². The van der Waals surface area contributed by atoms with Crippen LogP contribution < -0.4 is 0 Å². The first kappa shape index (κ1) is 10.4. The second kappa shape index (κ2) is 4.52. The van der Waals surface area contributed by atoms with E-state index in [0.717, 1.165) is 5.56 Å². The SMILES string of the molecule is ClC(Br)=Cc1ccc(Cl)cc1Cl. The Morgan fingerprint density at radius 3 is 2.50 bits per heavy atom. The number of benzene rings is 1.